The van der Waals surface area contributed by atoms with Crippen LogP contribution < -0.4 is 10.6 Å². The van der Waals surface area contributed by atoms with Gasteiger partial charge in [-0.3, -0.25) is 9.89 Å². The number of aryl methyl sites for hydroxylation is 1. The quantitative estimate of drug-likeness (QED) is 0.364. The van der Waals surface area contributed by atoms with E-state index >= 15 is 0 Å². The van der Waals surface area contributed by atoms with Crippen molar-refractivity contribution in [3.05, 3.63) is 57.8 Å². The molecule has 1 aliphatic rings. The monoisotopic (exact) mass is 498 g/mol. The molecule has 0 spiro atoms. The van der Waals surface area contributed by atoms with Crippen molar-refractivity contribution in [1.82, 2.24) is 15.5 Å². The average Bonchev–Trinajstić information content (AvgIpc) is 3.17. The van der Waals surface area contributed by atoms with Crippen LogP contribution in [0.5, 0.6) is 0 Å². The van der Waals surface area contributed by atoms with Gasteiger partial charge in [0.1, 0.15) is 0 Å². The number of likely N-dealkylation sites (tertiary alicyclic amines) is 1. The number of hydrogen-bond donors (Lipinski definition) is 2. The summed E-state index contributed by atoms with van der Waals surface area (Å²) in [6.07, 6.45) is 2.52. The number of hydrogen-bond acceptors (Lipinski definition) is 3. The number of halogens is 1. The lowest BCUT2D eigenvalue weighted by Crippen LogP contribution is -2.44. The van der Waals surface area contributed by atoms with Crippen LogP contribution in [0.25, 0.3) is 0 Å². The van der Waals surface area contributed by atoms with Gasteiger partial charge < -0.3 is 10.6 Å². The highest BCUT2D eigenvalue weighted by molar-refractivity contribution is 14.0. The van der Waals surface area contributed by atoms with Gasteiger partial charge in [0.2, 0.25) is 0 Å². The summed E-state index contributed by atoms with van der Waals surface area (Å²) in [5, 5.41) is 9.20. The molecule has 0 aliphatic carbocycles. The van der Waals surface area contributed by atoms with Gasteiger partial charge in [-0.1, -0.05) is 30.3 Å². The lowest BCUT2D eigenvalue weighted by atomic mass is 9.88. The van der Waals surface area contributed by atoms with Crippen LogP contribution in [0.1, 0.15) is 34.9 Å². The molecule has 27 heavy (non-hydrogen) atoms. The Kier molecular flexibility index (Phi) is 9.05. The van der Waals surface area contributed by atoms with E-state index in [1.54, 1.807) is 0 Å². The van der Waals surface area contributed by atoms with Gasteiger partial charge >= 0.3 is 0 Å². The lowest BCUT2D eigenvalue weighted by molar-refractivity contribution is 0.125. The fourth-order valence-electron chi connectivity index (χ4n) is 3.82. The van der Waals surface area contributed by atoms with Crippen molar-refractivity contribution in [3.63, 3.8) is 0 Å². The van der Waals surface area contributed by atoms with Crippen molar-refractivity contribution in [2.75, 3.05) is 27.2 Å². The van der Waals surface area contributed by atoms with Crippen molar-refractivity contribution in [2.45, 2.75) is 32.4 Å². The Morgan fingerprint density at radius 1 is 1.22 bits per heavy atom. The van der Waals surface area contributed by atoms with E-state index in [1.165, 1.54) is 35.4 Å². The highest BCUT2D eigenvalue weighted by Crippen LogP contribution is 2.36. The summed E-state index contributed by atoms with van der Waals surface area (Å²) in [4.78, 5) is 8.39. The van der Waals surface area contributed by atoms with E-state index in [0.717, 1.165) is 19.0 Å². The molecule has 2 unspecified atom stereocenters. The summed E-state index contributed by atoms with van der Waals surface area (Å²) in [6, 6.07) is 13.4. The van der Waals surface area contributed by atoms with Crippen LogP contribution in [0, 0.1) is 12.8 Å². The third kappa shape index (κ3) is 5.93. The summed E-state index contributed by atoms with van der Waals surface area (Å²) in [6.45, 7) is 5.07. The molecular formula is C21H31IN4S. The number of guanidine groups is 1. The first kappa shape index (κ1) is 22.2. The minimum absolute atomic E-state index is 0. The van der Waals surface area contributed by atoms with Gasteiger partial charge in [0.15, 0.2) is 5.96 Å². The van der Waals surface area contributed by atoms with Gasteiger partial charge in [0.25, 0.3) is 0 Å². The molecule has 6 heteroatoms. The molecule has 0 radical (unpaired) electrons. The maximum absolute atomic E-state index is 4.41. The third-order valence-electron chi connectivity index (χ3n) is 5.30. The van der Waals surface area contributed by atoms with Gasteiger partial charge in [0, 0.05) is 31.1 Å². The molecule has 4 nitrogen and oxygen atoms in total. The molecule has 3 rings (SSSR count). The molecule has 2 N–H and O–H groups in total. The zero-order valence-corrected chi connectivity index (χ0v) is 19.6. The first-order valence-electron chi connectivity index (χ1n) is 9.41. The maximum Gasteiger partial charge on any atom is 0.191 e. The van der Waals surface area contributed by atoms with E-state index < -0.39 is 0 Å². The second-order valence-electron chi connectivity index (χ2n) is 7.08. The van der Waals surface area contributed by atoms with Crippen molar-refractivity contribution >= 4 is 41.3 Å². The zero-order chi connectivity index (χ0) is 18.4. The van der Waals surface area contributed by atoms with E-state index in [9.17, 15) is 0 Å². The highest BCUT2D eigenvalue weighted by atomic mass is 127. The predicted octanol–water partition coefficient (Wildman–Crippen LogP) is 4.42. The molecule has 1 aromatic heterocycles. The second-order valence-corrected chi connectivity index (χ2v) is 8.06. The Hall–Kier alpha value is -1.12. The summed E-state index contributed by atoms with van der Waals surface area (Å²) in [7, 11) is 4.10. The molecule has 148 valence electrons. The lowest BCUT2D eigenvalue weighted by Gasteiger charge is -2.39. The number of nitrogens with one attached hydrogen (secondary N) is 2. The molecule has 1 fully saturated rings. The fourth-order valence-corrected chi connectivity index (χ4v) is 4.80. The predicted molar refractivity (Wildman–Crippen MR) is 127 cm³/mol. The van der Waals surface area contributed by atoms with Gasteiger partial charge in [0.05, 0.1) is 0 Å². The molecule has 2 heterocycles. The van der Waals surface area contributed by atoms with Crippen LogP contribution in [0.3, 0.4) is 0 Å². The van der Waals surface area contributed by atoms with Gasteiger partial charge in [-0.15, -0.1) is 35.3 Å². The highest BCUT2D eigenvalue weighted by Gasteiger charge is 2.31. The van der Waals surface area contributed by atoms with Crippen LogP contribution in [0.15, 0.2) is 46.8 Å². The molecule has 0 amide bonds. The summed E-state index contributed by atoms with van der Waals surface area (Å²) in [5.41, 5.74) is 2.62. The largest absolute Gasteiger partial charge is 0.356 e. The number of piperidine rings is 1. The van der Waals surface area contributed by atoms with Crippen LogP contribution in [-0.2, 0) is 6.54 Å². The molecule has 1 aliphatic heterocycles. The summed E-state index contributed by atoms with van der Waals surface area (Å²) >= 11 is 1.87. The Labute approximate surface area is 184 Å². The summed E-state index contributed by atoms with van der Waals surface area (Å²) < 4.78 is 0. The number of thiophene rings is 1. The number of benzene rings is 1. The Bertz CT molecular complexity index is 717. The van der Waals surface area contributed by atoms with E-state index in [2.05, 4.69) is 76.3 Å². The minimum Gasteiger partial charge on any atom is -0.356 e. The smallest absolute Gasteiger partial charge is 0.191 e. The number of aliphatic imine (C=N–C) groups is 1. The molecule has 2 aromatic rings. The molecule has 1 aromatic carbocycles. The van der Waals surface area contributed by atoms with Crippen molar-refractivity contribution in [2.24, 2.45) is 10.9 Å². The zero-order valence-electron chi connectivity index (χ0n) is 16.4. The van der Waals surface area contributed by atoms with Crippen molar-refractivity contribution in [3.8, 4) is 0 Å². The van der Waals surface area contributed by atoms with E-state index in [4.69, 9.17) is 0 Å². The van der Waals surface area contributed by atoms with Crippen LogP contribution in [0.2, 0.25) is 0 Å². The first-order valence-corrected chi connectivity index (χ1v) is 10.3. The fraction of sp³-hybridized carbons (Fsp3) is 0.476. The molecule has 0 bridgehead atoms. The van der Waals surface area contributed by atoms with Gasteiger partial charge in [-0.05, 0) is 61.8 Å². The SMILES string of the molecule is CN=C(NCc1ccccc1C)NCC1CCCN(C)C1c1cccs1.I. The van der Waals surface area contributed by atoms with Gasteiger partial charge in [-0.25, -0.2) is 0 Å². The van der Waals surface area contributed by atoms with E-state index in [0.29, 0.717) is 12.0 Å². The molecule has 1 saturated heterocycles. The second kappa shape index (κ2) is 11.0. The van der Waals surface area contributed by atoms with Crippen LogP contribution in [0.4, 0.5) is 0 Å². The molecular weight excluding hydrogens is 467 g/mol. The average molecular weight is 498 g/mol. The third-order valence-corrected chi connectivity index (χ3v) is 6.25. The molecule has 2 atom stereocenters. The standard InChI is InChI=1S/C21H30N4S.HI/c1-16-8-4-5-9-17(16)14-23-21(22-2)24-15-18-10-6-12-25(3)20(18)19-11-7-13-26-19;/h4-5,7-9,11,13,18,20H,6,10,12,14-15H2,1-3H3,(H2,22,23,24);1H. The minimum atomic E-state index is 0. The molecule has 0 saturated carbocycles. The van der Waals surface area contributed by atoms with Crippen molar-refractivity contribution in [1.29, 1.82) is 0 Å². The maximum atomic E-state index is 4.41. The number of rotatable bonds is 5. The Morgan fingerprint density at radius 2 is 2.04 bits per heavy atom. The Morgan fingerprint density at radius 3 is 2.74 bits per heavy atom. The van der Waals surface area contributed by atoms with E-state index in [-0.39, 0.29) is 24.0 Å². The number of nitrogens with zero attached hydrogens (tertiary/aromatic N) is 2. The topological polar surface area (TPSA) is 39.7 Å². The van der Waals surface area contributed by atoms with Gasteiger partial charge in [-0.2, -0.15) is 0 Å². The first-order chi connectivity index (χ1) is 12.7. The normalized spacial score (nSPS) is 20.8. The summed E-state index contributed by atoms with van der Waals surface area (Å²) in [5.74, 6) is 1.48. The van der Waals surface area contributed by atoms with Crippen molar-refractivity contribution < 1.29 is 0 Å². The van der Waals surface area contributed by atoms with Crippen LogP contribution >= 0.6 is 35.3 Å². The van der Waals surface area contributed by atoms with E-state index in [1.807, 2.05) is 18.4 Å². The Balaban J connectivity index is 0.00000261. The van der Waals surface area contributed by atoms with Crippen LogP contribution in [-0.4, -0.2) is 38.0 Å².